The molecular weight excluding hydrogens is 208 g/mol. The molecule has 0 atom stereocenters. The van der Waals surface area contributed by atoms with Crippen LogP contribution in [0.15, 0.2) is 6.07 Å². The molecule has 1 heterocycles. The molecule has 0 saturated carbocycles. The number of nitrogens with zero attached hydrogens (tertiary/aromatic N) is 2. The lowest BCUT2D eigenvalue weighted by Crippen LogP contribution is -2.16. The van der Waals surface area contributed by atoms with Gasteiger partial charge in [0.05, 0.1) is 12.3 Å². The van der Waals surface area contributed by atoms with Gasteiger partial charge in [-0.2, -0.15) is 5.10 Å². The van der Waals surface area contributed by atoms with Gasteiger partial charge in [0.25, 0.3) is 0 Å². The van der Waals surface area contributed by atoms with Crippen LogP contribution < -0.4 is 0 Å². The van der Waals surface area contributed by atoms with Crippen molar-refractivity contribution in [2.24, 2.45) is 7.05 Å². The Hall–Kier alpha value is -1.36. The molecule has 0 fully saturated rings. The molecule has 0 unspecified atom stereocenters. The summed E-state index contributed by atoms with van der Waals surface area (Å²) in [5.41, 5.74) is -0.245. The molecule has 1 rings (SSSR count). The molecule has 0 aliphatic rings. The van der Waals surface area contributed by atoms with Gasteiger partial charge in [0.2, 0.25) is 0 Å². The minimum Gasteiger partial charge on any atom is -0.461 e. The average Bonchev–Trinajstić information content (AvgIpc) is 2.56. The molecule has 0 aliphatic heterocycles. The van der Waals surface area contributed by atoms with Crippen LogP contribution in [0.4, 0.5) is 0 Å². The van der Waals surface area contributed by atoms with Crippen LogP contribution in [-0.2, 0) is 17.4 Å². The Bertz CT molecular complexity index is 377. The smallest absolute Gasteiger partial charge is 0.356 e. The van der Waals surface area contributed by atoms with Crippen LogP contribution in [-0.4, -0.2) is 27.5 Å². The number of aromatic nitrogens is 2. The number of carbonyl (C=O) groups is 1. The van der Waals surface area contributed by atoms with Gasteiger partial charge in [-0.25, -0.2) is 4.79 Å². The van der Waals surface area contributed by atoms with Crippen LogP contribution in [0.5, 0.6) is 0 Å². The summed E-state index contributed by atoms with van der Waals surface area (Å²) >= 11 is 0. The number of aliphatic hydroxyl groups is 1. The third kappa shape index (κ3) is 2.82. The maximum atomic E-state index is 11.6. The second-order valence-corrected chi connectivity index (χ2v) is 4.23. The number of hydrogen-bond acceptors (Lipinski definition) is 4. The highest BCUT2D eigenvalue weighted by Gasteiger charge is 2.23. The normalized spacial score (nSPS) is 11.6. The van der Waals surface area contributed by atoms with Crippen LogP contribution in [0.1, 0.15) is 43.4 Å². The van der Waals surface area contributed by atoms with Crippen molar-refractivity contribution in [3.8, 4) is 0 Å². The fourth-order valence-corrected chi connectivity index (χ4v) is 1.23. The zero-order valence-electron chi connectivity index (χ0n) is 10.1. The molecule has 0 aliphatic carbocycles. The van der Waals surface area contributed by atoms with Crippen LogP contribution >= 0.6 is 0 Å². The Morgan fingerprint density at radius 3 is 2.69 bits per heavy atom. The fourth-order valence-electron chi connectivity index (χ4n) is 1.23. The van der Waals surface area contributed by atoms with Crippen molar-refractivity contribution in [2.75, 3.05) is 6.61 Å². The largest absolute Gasteiger partial charge is 0.461 e. The Morgan fingerprint density at radius 1 is 1.62 bits per heavy atom. The highest BCUT2D eigenvalue weighted by Crippen LogP contribution is 2.19. The third-order valence-electron chi connectivity index (χ3n) is 2.15. The molecule has 0 aromatic carbocycles. The van der Waals surface area contributed by atoms with Gasteiger partial charge in [0, 0.05) is 7.05 Å². The minimum absolute atomic E-state index is 0.352. The monoisotopic (exact) mass is 226 g/mol. The first-order chi connectivity index (χ1) is 7.36. The van der Waals surface area contributed by atoms with E-state index >= 15 is 0 Å². The summed E-state index contributed by atoms with van der Waals surface area (Å²) in [6.07, 6.45) is 0.780. The Balaban J connectivity index is 2.90. The van der Waals surface area contributed by atoms with Crippen LogP contribution in [0.2, 0.25) is 0 Å². The number of ether oxygens (including phenoxy) is 1. The zero-order chi connectivity index (χ0) is 12.3. The van der Waals surface area contributed by atoms with Crippen LogP contribution in [0.3, 0.4) is 0 Å². The summed E-state index contributed by atoms with van der Waals surface area (Å²) in [5.74, 6) is -0.410. The summed E-state index contributed by atoms with van der Waals surface area (Å²) in [5, 5.41) is 13.8. The molecule has 5 nitrogen and oxygen atoms in total. The van der Waals surface area contributed by atoms with E-state index < -0.39 is 11.6 Å². The van der Waals surface area contributed by atoms with Gasteiger partial charge in [-0.15, -0.1) is 0 Å². The molecule has 0 bridgehead atoms. The summed E-state index contributed by atoms with van der Waals surface area (Å²) in [4.78, 5) is 11.6. The lowest BCUT2D eigenvalue weighted by molar-refractivity contribution is 0.0492. The third-order valence-corrected chi connectivity index (χ3v) is 2.15. The van der Waals surface area contributed by atoms with Crippen molar-refractivity contribution < 1.29 is 14.6 Å². The summed E-state index contributed by atoms with van der Waals surface area (Å²) in [6.45, 7) is 5.56. The number of carbonyl (C=O) groups excluding carboxylic acids is 1. The molecule has 1 N–H and O–H groups in total. The molecule has 0 amide bonds. The van der Waals surface area contributed by atoms with Crippen LogP contribution in [0, 0.1) is 0 Å². The molecule has 1 aromatic heterocycles. The SMILES string of the molecule is CCCOC(=O)c1cc(C(C)(C)O)nn1C. The maximum Gasteiger partial charge on any atom is 0.356 e. The molecule has 5 heteroatoms. The van der Waals surface area contributed by atoms with Crippen molar-refractivity contribution >= 4 is 5.97 Å². The van der Waals surface area contributed by atoms with Gasteiger partial charge in [-0.3, -0.25) is 4.68 Å². The predicted molar refractivity (Wildman–Crippen MR) is 59.0 cm³/mol. The summed E-state index contributed by atoms with van der Waals surface area (Å²) < 4.78 is 6.42. The minimum atomic E-state index is -1.05. The van der Waals surface area contributed by atoms with Gasteiger partial charge < -0.3 is 9.84 Å². The van der Waals surface area contributed by atoms with Crippen molar-refractivity contribution in [1.82, 2.24) is 9.78 Å². The Kier molecular flexibility index (Phi) is 3.70. The van der Waals surface area contributed by atoms with Gasteiger partial charge in [0.1, 0.15) is 11.3 Å². The standard InChI is InChI=1S/C11H18N2O3/c1-5-6-16-10(14)8-7-9(11(2,3)15)12-13(8)4/h7,15H,5-6H2,1-4H3. The summed E-state index contributed by atoms with van der Waals surface area (Å²) in [6, 6.07) is 1.55. The maximum absolute atomic E-state index is 11.6. The van der Waals surface area contributed by atoms with Crippen molar-refractivity contribution in [3.05, 3.63) is 17.5 Å². The second kappa shape index (κ2) is 4.65. The van der Waals surface area contributed by atoms with Gasteiger partial charge >= 0.3 is 5.97 Å². The predicted octanol–water partition coefficient (Wildman–Crippen LogP) is 1.21. The number of rotatable bonds is 4. The lowest BCUT2D eigenvalue weighted by Gasteiger charge is -2.12. The average molecular weight is 226 g/mol. The fraction of sp³-hybridized carbons (Fsp3) is 0.636. The van der Waals surface area contributed by atoms with Crippen molar-refractivity contribution in [3.63, 3.8) is 0 Å². The molecule has 16 heavy (non-hydrogen) atoms. The van der Waals surface area contributed by atoms with E-state index in [1.807, 2.05) is 6.92 Å². The first-order valence-corrected chi connectivity index (χ1v) is 5.30. The zero-order valence-corrected chi connectivity index (χ0v) is 10.1. The van der Waals surface area contributed by atoms with Crippen molar-refractivity contribution in [2.45, 2.75) is 32.8 Å². The lowest BCUT2D eigenvalue weighted by atomic mass is 10.1. The van der Waals surface area contributed by atoms with Gasteiger partial charge in [0.15, 0.2) is 0 Å². The van der Waals surface area contributed by atoms with Gasteiger partial charge in [-0.1, -0.05) is 6.92 Å². The van der Waals surface area contributed by atoms with Crippen molar-refractivity contribution in [1.29, 1.82) is 0 Å². The van der Waals surface area contributed by atoms with E-state index in [4.69, 9.17) is 4.74 Å². The molecule has 90 valence electrons. The van der Waals surface area contributed by atoms with E-state index in [0.29, 0.717) is 18.0 Å². The van der Waals surface area contributed by atoms with E-state index in [1.54, 1.807) is 27.0 Å². The number of aryl methyl sites for hydroxylation is 1. The molecule has 1 aromatic rings. The molecule has 0 saturated heterocycles. The molecule has 0 radical (unpaired) electrons. The van der Waals surface area contributed by atoms with E-state index in [0.717, 1.165) is 6.42 Å². The second-order valence-electron chi connectivity index (χ2n) is 4.23. The Morgan fingerprint density at radius 2 is 2.25 bits per heavy atom. The highest BCUT2D eigenvalue weighted by atomic mass is 16.5. The summed E-state index contributed by atoms with van der Waals surface area (Å²) in [7, 11) is 1.65. The number of hydrogen-bond donors (Lipinski definition) is 1. The highest BCUT2D eigenvalue weighted by molar-refractivity contribution is 5.87. The quantitative estimate of drug-likeness (QED) is 0.784. The van der Waals surface area contributed by atoms with E-state index in [-0.39, 0.29) is 0 Å². The topological polar surface area (TPSA) is 64.3 Å². The van der Waals surface area contributed by atoms with E-state index in [2.05, 4.69) is 5.10 Å². The first kappa shape index (κ1) is 12.7. The van der Waals surface area contributed by atoms with Crippen LogP contribution in [0.25, 0.3) is 0 Å². The number of esters is 1. The molecule has 0 spiro atoms. The Labute approximate surface area is 95.0 Å². The van der Waals surface area contributed by atoms with Gasteiger partial charge in [-0.05, 0) is 26.3 Å². The van der Waals surface area contributed by atoms with E-state index in [9.17, 15) is 9.90 Å². The first-order valence-electron chi connectivity index (χ1n) is 5.30. The molecular formula is C11H18N2O3. The van der Waals surface area contributed by atoms with E-state index in [1.165, 1.54) is 4.68 Å².